The molecule has 0 fully saturated rings. The van der Waals surface area contributed by atoms with E-state index in [1.54, 1.807) is 19.1 Å². The maximum absolute atomic E-state index is 11.5. The molecule has 3 aromatic rings. The van der Waals surface area contributed by atoms with Crippen molar-refractivity contribution in [2.45, 2.75) is 25.2 Å². The largest absolute Gasteiger partial charge is 0.332 e. The molecule has 8 nitrogen and oxygen atoms in total. The van der Waals surface area contributed by atoms with Crippen LogP contribution < -0.4 is 15.8 Å². The minimum absolute atomic E-state index is 0. The Labute approximate surface area is 181 Å². The van der Waals surface area contributed by atoms with E-state index in [2.05, 4.69) is 20.6 Å². The van der Waals surface area contributed by atoms with Crippen LogP contribution in [0.4, 0.5) is 16.0 Å². The van der Waals surface area contributed by atoms with Gasteiger partial charge >= 0.3 is 0 Å². The van der Waals surface area contributed by atoms with E-state index in [-0.39, 0.29) is 27.8 Å². The summed E-state index contributed by atoms with van der Waals surface area (Å²) in [5, 5.41) is 14.1. The summed E-state index contributed by atoms with van der Waals surface area (Å²) in [5.74, 6) is -0.0844. The number of carbonyl (C=O) groups excluding carboxylic acids is 1. The first-order valence-corrected chi connectivity index (χ1v) is 11.1. The van der Waals surface area contributed by atoms with E-state index < -0.39 is 10.0 Å². The lowest BCUT2D eigenvalue weighted by atomic mass is 10.3. The third-order valence-corrected chi connectivity index (χ3v) is 6.32. The highest BCUT2D eigenvalue weighted by atomic mass is 79.9. The lowest BCUT2D eigenvalue weighted by molar-refractivity contribution is -0.115. The van der Waals surface area contributed by atoms with Gasteiger partial charge in [-0.15, -0.1) is 28.3 Å². The Morgan fingerprint density at radius 3 is 2.46 bits per heavy atom. The van der Waals surface area contributed by atoms with Crippen LogP contribution >= 0.6 is 39.7 Å². The summed E-state index contributed by atoms with van der Waals surface area (Å²) in [4.78, 5) is 21.4. The molecule has 2 heterocycles. The van der Waals surface area contributed by atoms with Crippen LogP contribution in [0.5, 0.6) is 0 Å². The summed E-state index contributed by atoms with van der Waals surface area (Å²) in [6.45, 7) is 3.65. The average molecular weight is 504 g/mol. The van der Waals surface area contributed by atoms with Crippen molar-refractivity contribution < 1.29 is 13.2 Å². The topological polar surface area (TPSA) is 127 Å². The van der Waals surface area contributed by atoms with Crippen molar-refractivity contribution in [3.05, 3.63) is 35.3 Å². The lowest BCUT2D eigenvalue weighted by Crippen LogP contribution is -2.11. The number of sulfonamides is 1. The van der Waals surface area contributed by atoms with Crippen LogP contribution in [-0.4, -0.2) is 24.3 Å². The van der Waals surface area contributed by atoms with E-state index >= 15 is 0 Å². The number of hydrogen-bond donors (Lipinski definition) is 3. The molecule has 0 radical (unpaired) electrons. The summed E-state index contributed by atoms with van der Waals surface area (Å²) in [6, 6.07) is 6.11. The van der Waals surface area contributed by atoms with E-state index in [1.807, 2.05) is 12.3 Å². The normalized spacial score (nSPS) is 11.0. The average Bonchev–Trinajstić information content (AvgIpc) is 3.20. The monoisotopic (exact) mass is 503 g/mol. The fraction of sp³-hybridized carbons (Fsp3) is 0.188. The van der Waals surface area contributed by atoms with Gasteiger partial charge in [0, 0.05) is 17.5 Å². The SMILES string of the molecule is Br.CCC(=O)Nc1nc(C)c(-c2csc(Nc3ccc(S(N)(=O)=O)cc3)n2)s1. The Morgan fingerprint density at radius 1 is 1.18 bits per heavy atom. The standard InChI is InChI=1S/C16H17N5O3S3.BrH/c1-3-13(22)21-16-18-9(2)14(26-16)12-8-25-15(20-12)19-10-4-6-11(7-5-10)27(17,23)24;/h4-8H,3H2,1-2H3,(H,19,20)(H2,17,23,24)(H,18,21,22);1H. The third kappa shape index (κ3) is 5.35. The van der Waals surface area contributed by atoms with Crippen molar-refractivity contribution in [3.63, 3.8) is 0 Å². The maximum atomic E-state index is 11.5. The van der Waals surface area contributed by atoms with Crippen LogP contribution in [0.3, 0.4) is 0 Å². The number of aryl methyl sites for hydroxylation is 1. The molecule has 150 valence electrons. The fourth-order valence-corrected chi connectivity index (χ4v) is 4.44. The van der Waals surface area contributed by atoms with Gasteiger partial charge in [-0.05, 0) is 31.2 Å². The van der Waals surface area contributed by atoms with Crippen LogP contribution in [-0.2, 0) is 14.8 Å². The van der Waals surface area contributed by atoms with Crippen molar-refractivity contribution in [2.24, 2.45) is 5.14 Å². The quantitative estimate of drug-likeness (QED) is 0.468. The first-order chi connectivity index (χ1) is 12.8. The smallest absolute Gasteiger partial charge is 0.238 e. The molecule has 12 heteroatoms. The zero-order valence-corrected chi connectivity index (χ0v) is 19.1. The van der Waals surface area contributed by atoms with Crippen LogP contribution in [0.2, 0.25) is 0 Å². The highest BCUT2D eigenvalue weighted by molar-refractivity contribution is 8.93. The predicted molar refractivity (Wildman–Crippen MR) is 118 cm³/mol. The highest BCUT2D eigenvalue weighted by Crippen LogP contribution is 2.35. The van der Waals surface area contributed by atoms with Crippen molar-refractivity contribution in [2.75, 3.05) is 10.6 Å². The van der Waals surface area contributed by atoms with Crippen molar-refractivity contribution in [3.8, 4) is 10.6 Å². The molecule has 3 rings (SSSR count). The van der Waals surface area contributed by atoms with Crippen LogP contribution in [0.25, 0.3) is 10.6 Å². The molecule has 0 saturated carbocycles. The van der Waals surface area contributed by atoms with Gasteiger partial charge in [-0.3, -0.25) is 4.79 Å². The number of carbonyl (C=O) groups is 1. The van der Waals surface area contributed by atoms with E-state index in [9.17, 15) is 13.2 Å². The molecule has 0 aliphatic rings. The Balaban J connectivity index is 0.00000280. The number of thiazole rings is 2. The minimum atomic E-state index is -3.71. The minimum Gasteiger partial charge on any atom is -0.332 e. The second-order valence-electron chi connectivity index (χ2n) is 5.57. The number of aromatic nitrogens is 2. The number of amides is 1. The molecular weight excluding hydrogens is 486 g/mol. The summed E-state index contributed by atoms with van der Waals surface area (Å²) >= 11 is 2.79. The summed E-state index contributed by atoms with van der Waals surface area (Å²) in [5.41, 5.74) is 2.25. The molecule has 0 bridgehead atoms. The van der Waals surface area contributed by atoms with Gasteiger partial charge in [-0.2, -0.15) is 0 Å². The molecule has 2 aromatic heterocycles. The van der Waals surface area contributed by atoms with Gasteiger partial charge in [0.1, 0.15) is 0 Å². The lowest BCUT2D eigenvalue weighted by Gasteiger charge is -2.03. The molecule has 0 atom stereocenters. The number of nitrogens with two attached hydrogens (primary N) is 1. The maximum Gasteiger partial charge on any atom is 0.238 e. The van der Waals surface area contributed by atoms with Gasteiger partial charge in [-0.25, -0.2) is 23.5 Å². The first kappa shape index (κ1) is 22.4. The zero-order valence-electron chi connectivity index (χ0n) is 14.9. The van der Waals surface area contributed by atoms with Crippen LogP contribution in [0.1, 0.15) is 19.0 Å². The Kier molecular flexibility index (Phi) is 7.28. The van der Waals surface area contributed by atoms with Gasteiger partial charge in [-0.1, -0.05) is 18.3 Å². The van der Waals surface area contributed by atoms with Gasteiger partial charge in [0.2, 0.25) is 15.9 Å². The fourth-order valence-electron chi connectivity index (χ4n) is 2.18. The van der Waals surface area contributed by atoms with Crippen LogP contribution in [0.15, 0.2) is 34.5 Å². The molecule has 1 aromatic carbocycles. The van der Waals surface area contributed by atoms with Gasteiger partial charge < -0.3 is 10.6 Å². The van der Waals surface area contributed by atoms with E-state index in [4.69, 9.17) is 5.14 Å². The number of primary sulfonamides is 1. The Morgan fingerprint density at radius 2 is 1.86 bits per heavy atom. The number of rotatable bonds is 6. The van der Waals surface area contributed by atoms with Gasteiger partial charge in [0.25, 0.3) is 0 Å². The summed E-state index contributed by atoms with van der Waals surface area (Å²) in [6.07, 6.45) is 0.392. The van der Waals surface area contributed by atoms with E-state index in [1.165, 1.54) is 34.8 Å². The first-order valence-electron chi connectivity index (χ1n) is 7.89. The van der Waals surface area contributed by atoms with Crippen molar-refractivity contribution in [1.29, 1.82) is 0 Å². The van der Waals surface area contributed by atoms with E-state index in [0.29, 0.717) is 22.4 Å². The molecule has 0 aliphatic carbocycles. The zero-order chi connectivity index (χ0) is 19.6. The molecule has 28 heavy (non-hydrogen) atoms. The molecule has 0 spiro atoms. The number of nitrogens with zero attached hydrogens (tertiary/aromatic N) is 2. The summed E-state index contributed by atoms with van der Waals surface area (Å²) in [7, 11) is -3.71. The van der Waals surface area contributed by atoms with Crippen molar-refractivity contribution >= 4 is 71.5 Å². The molecule has 0 unspecified atom stereocenters. The number of nitrogens with one attached hydrogen (secondary N) is 2. The molecule has 4 N–H and O–H groups in total. The number of halogens is 1. The third-order valence-electron chi connectivity index (χ3n) is 3.54. The number of hydrogen-bond acceptors (Lipinski definition) is 8. The summed E-state index contributed by atoms with van der Waals surface area (Å²) < 4.78 is 22.6. The Hall–Kier alpha value is -1.86. The molecule has 0 saturated heterocycles. The predicted octanol–water partition coefficient (Wildman–Crippen LogP) is 3.89. The molecule has 1 amide bonds. The second-order valence-corrected chi connectivity index (χ2v) is 8.99. The van der Waals surface area contributed by atoms with E-state index in [0.717, 1.165) is 16.3 Å². The van der Waals surface area contributed by atoms with Gasteiger partial charge in [0.15, 0.2) is 10.3 Å². The Bertz CT molecular complexity index is 1080. The highest BCUT2D eigenvalue weighted by Gasteiger charge is 2.14. The van der Waals surface area contributed by atoms with Crippen LogP contribution in [0, 0.1) is 6.92 Å². The molecular formula is C16H18BrN5O3S3. The number of benzene rings is 1. The van der Waals surface area contributed by atoms with Crippen molar-refractivity contribution in [1.82, 2.24) is 9.97 Å². The number of anilines is 3. The second kappa shape index (κ2) is 9.09. The van der Waals surface area contributed by atoms with Gasteiger partial charge in [0.05, 0.1) is 21.2 Å². The molecule has 0 aliphatic heterocycles.